The van der Waals surface area contributed by atoms with Crippen molar-refractivity contribution in [2.75, 3.05) is 39.1 Å². The Morgan fingerprint density at radius 2 is 1.90 bits per heavy atom. The first kappa shape index (κ1) is 14.9. The third kappa shape index (κ3) is 3.73. The van der Waals surface area contributed by atoms with Crippen LogP contribution >= 0.6 is 0 Å². The van der Waals surface area contributed by atoms with Gasteiger partial charge in [-0.25, -0.2) is 0 Å². The fourth-order valence-electron chi connectivity index (χ4n) is 2.62. The maximum absolute atomic E-state index is 12.4. The minimum Gasteiger partial charge on any atom is -0.378 e. The van der Waals surface area contributed by atoms with Crippen molar-refractivity contribution in [2.24, 2.45) is 0 Å². The summed E-state index contributed by atoms with van der Waals surface area (Å²) in [5.74, 6) is 0.0997. The smallest absolute Gasteiger partial charge is 0.253 e. The number of amides is 1. The number of hydrogen-bond donors (Lipinski definition) is 1. The average molecular weight is 275 g/mol. The molecule has 1 aliphatic rings. The molecule has 1 atom stereocenters. The molecule has 1 aliphatic heterocycles. The van der Waals surface area contributed by atoms with Gasteiger partial charge < -0.3 is 15.1 Å². The number of hydrogen-bond acceptors (Lipinski definition) is 3. The summed E-state index contributed by atoms with van der Waals surface area (Å²) >= 11 is 0. The lowest BCUT2D eigenvalue weighted by molar-refractivity contribution is 0.0775. The summed E-state index contributed by atoms with van der Waals surface area (Å²) in [6.45, 7) is 1.86. The molecule has 0 radical (unpaired) electrons. The van der Waals surface area contributed by atoms with E-state index in [0.717, 1.165) is 30.8 Å². The van der Waals surface area contributed by atoms with Crippen molar-refractivity contribution in [1.82, 2.24) is 10.2 Å². The highest BCUT2D eigenvalue weighted by atomic mass is 16.2. The molecule has 0 bridgehead atoms. The molecule has 1 N–H and O–H groups in total. The van der Waals surface area contributed by atoms with Crippen molar-refractivity contribution in [3.63, 3.8) is 0 Å². The Bertz CT molecular complexity index is 436. The molecule has 1 amide bonds. The van der Waals surface area contributed by atoms with Gasteiger partial charge >= 0.3 is 0 Å². The first-order chi connectivity index (χ1) is 9.58. The number of rotatable bonds is 4. The highest BCUT2D eigenvalue weighted by Crippen LogP contribution is 2.14. The number of anilines is 1. The van der Waals surface area contributed by atoms with Crippen molar-refractivity contribution in [1.29, 1.82) is 0 Å². The summed E-state index contributed by atoms with van der Waals surface area (Å²) in [5.41, 5.74) is 1.87. The van der Waals surface area contributed by atoms with Crippen molar-refractivity contribution < 1.29 is 4.79 Å². The summed E-state index contributed by atoms with van der Waals surface area (Å²) in [6, 6.07) is 8.23. The zero-order chi connectivity index (χ0) is 14.5. The minimum absolute atomic E-state index is 0.0997. The fourth-order valence-corrected chi connectivity index (χ4v) is 2.62. The molecule has 4 heteroatoms. The number of carbonyl (C=O) groups is 1. The summed E-state index contributed by atoms with van der Waals surface area (Å²) < 4.78 is 0. The number of benzene rings is 1. The van der Waals surface area contributed by atoms with Gasteiger partial charge in [0.15, 0.2) is 0 Å². The molecule has 1 fully saturated rings. The van der Waals surface area contributed by atoms with Gasteiger partial charge in [-0.15, -0.1) is 0 Å². The fraction of sp³-hybridized carbons (Fsp3) is 0.562. The monoisotopic (exact) mass is 275 g/mol. The second kappa shape index (κ2) is 6.75. The number of piperidine rings is 1. The van der Waals surface area contributed by atoms with E-state index >= 15 is 0 Å². The highest BCUT2D eigenvalue weighted by molar-refractivity contribution is 5.94. The quantitative estimate of drug-likeness (QED) is 0.912. The normalized spacial score (nSPS) is 18.6. The van der Waals surface area contributed by atoms with Gasteiger partial charge in [-0.1, -0.05) is 6.42 Å². The maximum atomic E-state index is 12.4. The molecule has 4 nitrogen and oxygen atoms in total. The first-order valence-corrected chi connectivity index (χ1v) is 7.34. The number of nitrogens with one attached hydrogen (secondary N) is 1. The number of carbonyl (C=O) groups excluding carboxylic acids is 1. The molecule has 0 aromatic heterocycles. The molecule has 1 saturated heterocycles. The molecule has 0 spiro atoms. The lowest BCUT2D eigenvalue weighted by atomic mass is 10.0. The van der Waals surface area contributed by atoms with Gasteiger partial charge in [0.05, 0.1) is 0 Å². The van der Waals surface area contributed by atoms with Crippen LogP contribution in [0.4, 0.5) is 5.69 Å². The largest absolute Gasteiger partial charge is 0.378 e. The van der Waals surface area contributed by atoms with Gasteiger partial charge in [-0.2, -0.15) is 0 Å². The molecule has 1 aromatic carbocycles. The van der Waals surface area contributed by atoms with E-state index in [-0.39, 0.29) is 5.91 Å². The van der Waals surface area contributed by atoms with E-state index in [1.54, 1.807) is 0 Å². The van der Waals surface area contributed by atoms with Crippen LogP contribution in [0.1, 0.15) is 29.6 Å². The zero-order valence-corrected chi connectivity index (χ0v) is 12.7. The molecule has 0 aliphatic carbocycles. The Labute approximate surface area is 121 Å². The topological polar surface area (TPSA) is 35.6 Å². The van der Waals surface area contributed by atoms with Crippen molar-refractivity contribution in [2.45, 2.75) is 25.3 Å². The van der Waals surface area contributed by atoms with E-state index in [9.17, 15) is 4.79 Å². The molecule has 1 heterocycles. The van der Waals surface area contributed by atoms with Gasteiger partial charge in [0.1, 0.15) is 0 Å². The highest BCUT2D eigenvalue weighted by Gasteiger charge is 2.18. The van der Waals surface area contributed by atoms with E-state index in [1.807, 2.05) is 55.2 Å². The van der Waals surface area contributed by atoms with E-state index in [4.69, 9.17) is 0 Å². The Morgan fingerprint density at radius 1 is 1.20 bits per heavy atom. The maximum Gasteiger partial charge on any atom is 0.253 e. The van der Waals surface area contributed by atoms with E-state index < -0.39 is 0 Å². The summed E-state index contributed by atoms with van der Waals surface area (Å²) in [6.07, 6.45) is 3.68. The summed E-state index contributed by atoms with van der Waals surface area (Å²) in [4.78, 5) is 16.2. The lowest BCUT2D eigenvalue weighted by Gasteiger charge is -2.28. The molecule has 1 aromatic rings. The van der Waals surface area contributed by atoms with E-state index in [0.29, 0.717) is 6.04 Å². The summed E-state index contributed by atoms with van der Waals surface area (Å²) in [7, 11) is 5.88. The van der Waals surface area contributed by atoms with Crippen molar-refractivity contribution in [3.8, 4) is 0 Å². The van der Waals surface area contributed by atoms with Crippen LogP contribution < -0.4 is 10.2 Å². The molecule has 110 valence electrons. The van der Waals surface area contributed by atoms with Gasteiger partial charge in [-0.3, -0.25) is 4.79 Å². The Kier molecular flexibility index (Phi) is 5.01. The van der Waals surface area contributed by atoms with Crippen LogP contribution in [0.5, 0.6) is 0 Å². The van der Waals surface area contributed by atoms with Gasteiger partial charge in [0, 0.05) is 45.0 Å². The summed E-state index contributed by atoms with van der Waals surface area (Å²) in [5, 5.41) is 3.48. The zero-order valence-electron chi connectivity index (χ0n) is 12.7. The van der Waals surface area contributed by atoms with Crippen LogP contribution in [0, 0.1) is 0 Å². The predicted molar refractivity (Wildman–Crippen MR) is 83.4 cm³/mol. The average Bonchev–Trinajstić information content (AvgIpc) is 2.47. The van der Waals surface area contributed by atoms with Gasteiger partial charge in [-0.05, 0) is 43.7 Å². The molecular formula is C16H25N3O. The van der Waals surface area contributed by atoms with Crippen LogP contribution in [0.25, 0.3) is 0 Å². The molecule has 1 unspecified atom stereocenters. The van der Waals surface area contributed by atoms with Crippen LogP contribution in [-0.4, -0.2) is 51.1 Å². The van der Waals surface area contributed by atoms with E-state index in [2.05, 4.69) is 5.32 Å². The standard InChI is InChI=1S/C16H25N3O/c1-18(2)15-9-7-13(8-10-15)16(20)19(3)12-14-6-4-5-11-17-14/h7-10,14,17H,4-6,11-12H2,1-3H3. The SMILES string of the molecule is CN(CC1CCCCN1)C(=O)c1ccc(N(C)C)cc1. The van der Waals surface area contributed by atoms with Crippen LogP contribution in [0.3, 0.4) is 0 Å². The predicted octanol–water partition coefficient (Wildman–Crippen LogP) is 1.97. The number of nitrogens with zero attached hydrogens (tertiary/aromatic N) is 2. The van der Waals surface area contributed by atoms with Gasteiger partial charge in [0.25, 0.3) is 5.91 Å². The lowest BCUT2D eigenvalue weighted by Crippen LogP contribution is -2.44. The van der Waals surface area contributed by atoms with Crippen molar-refractivity contribution in [3.05, 3.63) is 29.8 Å². The molecule has 20 heavy (non-hydrogen) atoms. The van der Waals surface area contributed by atoms with Gasteiger partial charge in [0.2, 0.25) is 0 Å². The Morgan fingerprint density at radius 3 is 2.45 bits per heavy atom. The molecule has 0 saturated carbocycles. The Balaban J connectivity index is 1.95. The van der Waals surface area contributed by atoms with Crippen LogP contribution in [0.2, 0.25) is 0 Å². The first-order valence-electron chi connectivity index (χ1n) is 7.34. The second-order valence-electron chi connectivity index (χ2n) is 5.77. The molecule has 2 rings (SSSR count). The third-order valence-electron chi connectivity index (χ3n) is 3.88. The van der Waals surface area contributed by atoms with Crippen molar-refractivity contribution >= 4 is 11.6 Å². The third-order valence-corrected chi connectivity index (χ3v) is 3.88. The van der Waals surface area contributed by atoms with Crippen LogP contribution in [-0.2, 0) is 0 Å². The van der Waals surface area contributed by atoms with Crippen LogP contribution in [0.15, 0.2) is 24.3 Å². The van der Waals surface area contributed by atoms with E-state index in [1.165, 1.54) is 12.8 Å². The minimum atomic E-state index is 0.0997. The molecular weight excluding hydrogens is 250 g/mol. The second-order valence-corrected chi connectivity index (χ2v) is 5.77. The Hall–Kier alpha value is -1.55. The number of likely N-dealkylation sites (N-methyl/N-ethyl adjacent to an activating group) is 1.